The molecular formula is C28H27N5O2S. The second-order valence-electron chi connectivity index (χ2n) is 9.40. The summed E-state index contributed by atoms with van der Waals surface area (Å²) in [4.78, 5) is 8.26. The van der Waals surface area contributed by atoms with Gasteiger partial charge in [0.15, 0.2) is 0 Å². The summed E-state index contributed by atoms with van der Waals surface area (Å²) >= 11 is 0. The van der Waals surface area contributed by atoms with Gasteiger partial charge in [-0.2, -0.15) is 5.26 Å². The fourth-order valence-corrected chi connectivity index (χ4v) is 6.35. The first kappa shape index (κ1) is 23.8. The van der Waals surface area contributed by atoms with Gasteiger partial charge in [0.1, 0.15) is 5.82 Å². The Morgan fingerprint density at radius 2 is 1.83 bits per heavy atom. The summed E-state index contributed by atoms with van der Waals surface area (Å²) in [5.41, 5.74) is 12.2. The van der Waals surface area contributed by atoms with E-state index in [0.29, 0.717) is 28.8 Å². The van der Waals surface area contributed by atoms with Crippen LogP contribution in [-0.4, -0.2) is 22.4 Å². The first-order valence-corrected chi connectivity index (χ1v) is 13.2. The van der Waals surface area contributed by atoms with Crippen LogP contribution in [0.4, 0.5) is 0 Å². The van der Waals surface area contributed by atoms with Crippen LogP contribution in [0.3, 0.4) is 0 Å². The van der Waals surface area contributed by atoms with E-state index in [9.17, 15) is 13.7 Å². The first-order chi connectivity index (χ1) is 17.1. The zero-order valence-corrected chi connectivity index (χ0v) is 21.4. The maximum Gasteiger partial charge on any atom is 0.268 e. The molecule has 1 atom stereocenters. The van der Waals surface area contributed by atoms with Gasteiger partial charge in [-0.3, -0.25) is 0 Å². The lowest BCUT2D eigenvalue weighted by Crippen LogP contribution is -2.37. The van der Waals surface area contributed by atoms with Gasteiger partial charge < -0.3 is 10.7 Å². The van der Waals surface area contributed by atoms with E-state index in [-0.39, 0.29) is 4.90 Å². The highest BCUT2D eigenvalue weighted by Crippen LogP contribution is 2.38. The lowest BCUT2D eigenvalue weighted by atomic mass is 9.84. The van der Waals surface area contributed by atoms with Crippen molar-refractivity contribution in [2.45, 2.75) is 44.6 Å². The summed E-state index contributed by atoms with van der Waals surface area (Å²) in [5.74, 6) is 0.543. The monoisotopic (exact) mass is 497 g/mol. The number of nitrogens with zero attached hydrogens (tertiary/aromatic N) is 3. The van der Waals surface area contributed by atoms with Gasteiger partial charge in [-0.05, 0) is 80.3 Å². The number of aromatic nitrogens is 3. The van der Waals surface area contributed by atoms with Crippen LogP contribution in [0.1, 0.15) is 47.5 Å². The Labute approximate surface area is 210 Å². The number of nitrogens with one attached hydrogen (secondary N) is 1. The van der Waals surface area contributed by atoms with Gasteiger partial charge in [-0.25, -0.2) is 17.4 Å². The van der Waals surface area contributed by atoms with Gasteiger partial charge in [0, 0.05) is 11.6 Å². The third kappa shape index (κ3) is 3.60. The lowest BCUT2D eigenvalue weighted by molar-refractivity contribution is 0.566. The van der Waals surface area contributed by atoms with E-state index in [4.69, 9.17) is 10.7 Å². The molecule has 2 aromatic heterocycles. The maximum atomic E-state index is 13.6. The summed E-state index contributed by atoms with van der Waals surface area (Å²) in [5, 5.41) is 10.0. The Hall–Kier alpha value is -3.93. The van der Waals surface area contributed by atoms with Gasteiger partial charge in [0.2, 0.25) is 0 Å². The van der Waals surface area contributed by atoms with E-state index in [2.05, 4.69) is 18.0 Å². The molecule has 0 bridgehead atoms. The largest absolute Gasteiger partial charge is 0.340 e. The van der Waals surface area contributed by atoms with Crippen LogP contribution >= 0.6 is 0 Å². The van der Waals surface area contributed by atoms with Crippen molar-refractivity contribution in [1.29, 1.82) is 5.26 Å². The number of fused-ring (bicyclic) bond motifs is 2. The SMILES string of the molecule is CCc1cc(C)c2c(ccn2S(=O)(=O)c2ccc(C)cc2)c1C(C)(N)c1nc2ccc(C#N)cc2[nH]1. The molecule has 3 N–H and O–H groups in total. The Morgan fingerprint density at radius 1 is 1.11 bits per heavy atom. The smallest absolute Gasteiger partial charge is 0.268 e. The molecule has 0 spiro atoms. The van der Waals surface area contributed by atoms with Crippen molar-refractivity contribution in [2.75, 3.05) is 0 Å². The molecule has 3 aromatic carbocycles. The van der Waals surface area contributed by atoms with Crippen LogP contribution in [0.2, 0.25) is 0 Å². The number of aromatic amines is 1. The number of imidazole rings is 1. The summed E-state index contributed by atoms with van der Waals surface area (Å²) in [6, 6.07) is 18.1. The highest BCUT2D eigenvalue weighted by molar-refractivity contribution is 7.90. The molecule has 0 aliphatic heterocycles. The number of nitrogens with two attached hydrogens (primary N) is 1. The molecule has 5 aromatic rings. The molecule has 5 rings (SSSR count). The molecule has 2 heterocycles. The average Bonchev–Trinajstić information content (AvgIpc) is 3.49. The van der Waals surface area contributed by atoms with Crippen LogP contribution in [0.5, 0.6) is 0 Å². The van der Waals surface area contributed by atoms with Crippen molar-refractivity contribution in [2.24, 2.45) is 5.73 Å². The van der Waals surface area contributed by atoms with Crippen molar-refractivity contribution in [3.63, 3.8) is 0 Å². The minimum absolute atomic E-state index is 0.229. The topological polar surface area (TPSA) is 118 Å². The minimum Gasteiger partial charge on any atom is -0.340 e. The van der Waals surface area contributed by atoms with E-state index in [0.717, 1.165) is 33.2 Å². The fraction of sp³-hybridized carbons (Fsp3) is 0.214. The molecule has 182 valence electrons. The zero-order valence-electron chi connectivity index (χ0n) is 20.6. The highest BCUT2D eigenvalue weighted by Gasteiger charge is 2.33. The zero-order chi connectivity index (χ0) is 25.8. The molecular weight excluding hydrogens is 470 g/mol. The summed E-state index contributed by atoms with van der Waals surface area (Å²) in [7, 11) is -3.81. The van der Waals surface area contributed by atoms with E-state index < -0.39 is 15.6 Å². The number of aryl methyl sites for hydroxylation is 3. The average molecular weight is 498 g/mol. The molecule has 0 saturated heterocycles. The number of hydrogen-bond acceptors (Lipinski definition) is 5. The number of hydrogen-bond donors (Lipinski definition) is 2. The van der Waals surface area contributed by atoms with E-state index in [1.807, 2.05) is 32.9 Å². The third-order valence-corrected chi connectivity index (χ3v) is 8.48. The Bertz CT molecular complexity index is 1790. The number of nitriles is 1. The number of H-pyrrole nitrogens is 1. The molecule has 36 heavy (non-hydrogen) atoms. The molecule has 7 nitrogen and oxygen atoms in total. The molecule has 0 radical (unpaired) electrons. The quantitative estimate of drug-likeness (QED) is 0.353. The van der Waals surface area contributed by atoms with E-state index >= 15 is 0 Å². The van der Waals surface area contributed by atoms with Crippen molar-refractivity contribution in [1.82, 2.24) is 13.9 Å². The fourth-order valence-electron chi connectivity index (χ4n) is 4.94. The molecule has 0 saturated carbocycles. The molecule has 0 fully saturated rings. The van der Waals surface area contributed by atoms with Gasteiger partial charge in [0.25, 0.3) is 10.0 Å². The summed E-state index contributed by atoms with van der Waals surface area (Å²) < 4.78 is 28.6. The summed E-state index contributed by atoms with van der Waals surface area (Å²) in [6.07, 6.45) is 2.32. The predicted molar refractivity (Wildman–Crippen MR) is 141 cm³/mol. The molecule has 0 aliphatic carbocycles. The standard InChI is InChI=1S/C28H27N5O2S/c1-5-20-14-18(3)26-22(12-13-33(26)36(34,35)21-9-6-17(2)7-10-21)25(20)28(4,30)27-31-23-11-8-19(16-29)15-24(23)32-27/h6-15H,5,30H2,1-4H3,(H,31,32). The predicted octanol–water partition coefficient (Wildman–Crippen LogP) is 5.03. The third-order valence-electron chi connectivity index (χ3n) is 6.79. The van der Waals surface area contributed by atoms with Gasteiger partial charge >= 0.3 is 0 Å². The van der Waals surface area contributed by atoms with Crippen molar-refractivity contribution in [3.05, 3.63) is 94.4 Å². The summed E-state index contributed by atoms with van der Waals surface area (Å²) in [6.45, 7) is 7.78. The van der Waals surface area contributed by atoms with Gasteiger partial charge in [-0.1, -0.05) is 30.7 Å². The van der Waals surface area contributed by atoms with Gasteiger partial charge in [-0.15, -0.1) is 0 Å². The van der Waals surface area contributed by atoms with Crippen molar-refractivity contribution < 1.29 is 8.42 Å². The Morgan fingerprint density at radius 3 is 2.50 bits per heavy atom. The maximum absolute atomic E-state index is 13.6. The van der Waals surface area contributed by atoms with Crippen LogP contribution in [0, 0.1) is 25.2 Å². The Kier molecular flexibility index (Phi) is 5.51. The molecule has 0 amide bonds. The Balaban J connectivity index is 1.75. The van der Waals surface area contributed by atoms with Crippen LogP contribution < -0.4 is 5.73 Å². The van der Waals surface area contributed by atoms with E-state index in [1.165, 1.54) is 3.97 Å². The van der Waals surface area contributed by atoms with Gasteiger partial charge in [0.05, 0.1) is 38.6 Å². The number of rotatable bonds is 5. The molecule has 8 heteroatoms. The van der Waals surface area contributed by atoms with Crippen molar-refractivity contribution in [3.8, 4) is 6.07 Å². The lowest BCUT2D eigenvalue weighted by Gasteiger charge is -2.27. The minimum atomic E-state index is -3.81. The second-order valence-corrected chi connectivity index (χ2v) is 11.2. The first-order valence-electron chi connectivity index (χ1n) is 11.7. The molecule has 0 aliphatic rings. The molecule has 1 unspecified atom stereocenters. The van der Waals surface area contributed by atoms with E-state index in [1.54, 1.807) is 48.7 Å². The normalized spacial score (nSPS) is 13.7. The second kappa shape index (κ2) is 8.33. The number of benzene rings is 3. The van der Waals surface area contributed by atoms with Crippen LogP contribution in [-0.2, 0) is 22.0 Å². The van der Waals surface area contributed by atoms with Crippen molar-refractivity contribution >= 4 is 32.0 Å². The highest BCUT2D eigenvalue weighted by atomic mass is 32.2. The van der Waals surface area contributed by atoms with Crippen LogP contribution in [0.25, 0.3) is 21.9 Å². The van der Waals surface area contributed by atoms with Crippen LogP contribution in [0.15, 0.2) is 65.7 Å².